The zero-order valence-corrected chi connectivity index (χ0v) is 18.0. The van der Waals surface area contributed by atoms with Crippen LogP contribution >= 0.6 is 0 Å². The van der Waals surface area contributed by atoms with Crippen LogP contribution in [-0.2, 0) is 14.4 Å². The van der Waals surface area contributed by atoms with Gasteiger partial charge in [-0.15, -0.1) is 0 Å². The smallest absolute Gasteiger partial charge is 0.311 e. The van der Waals surface area contributed by atoms with Crippen molar-refractivity contribution in [1.29, 1.82) is 0 Å². The van der Waals surface area contributed by atoms with E-state index in [1.54, 1.807) is 0 Å². The predicted molar refractivity (Wildman–Crippen MR) is 115 cm³/mol. The fourth-order valence-corrected chi connectivity index (χ4v) is 4.46. The van der Waals surface area contributed by atoms with Gasteiger partial charge in [-0.2, -0.15) is 0 Å². The molecule has 2 heterocycles. The van der Waals surface area contributed by atoms with E-state index < -0.39 is 11.8 Å². The topological polar surface area (TPSA) is 100 Å². The Bertz CT molecular complexity index is 751. The lowest BCUT2D eigenvalue weighted by Gasteiger charge is -2.30. The van der Waals surface area contributed by atoms with Crippen LogP contribution in [0.25, 0.3) is 0 Å². The highest BCUT2D eigenvalue weighted by Gasteiger charge is 2.31. The lowest BCUT2D eigenvalue weighted by molar-refractivity contribution is -0.918. The Morgan fingerprint density at radius 3 is 2.27 bits per heavy atom. The average molecular weight is 417 g/mol. The Labute approximate surface area is 178 Å². The summed E-state index contributed by atoms with van der Waals surface area (Å²) in [6, 6.07) is 8.55. The summed E-state index contributed by atoms with van der Waals surface area (Å²) >= 11 is 0. The van der Waals surface area contributed by atoms with E-state index in [-0.39, 0.29) is 17.9 Å². The molecule has 0 unspecified atom stereocenters. The molecule has 0 saturated carbocycles. The number of rotatable bonds is 6. The fourth-order valence-electron chi connectivity index (χ4n) is 4.46. The summed E-state index contributed by atoms with van der Waals surface area (Å²) in [7, 11) is 4.02. The first-order valence-corrected chi connectivity index (χ1v) is 10.8. The molecule has 0 radical (unpaired) electrons. The molecule has 164 valence electrons. The molecule has 3 amide bonds. The molecule has 8 nitrogen and oxygen atoms in total. The fraction of sp³-hybridized carbons (Fsp3) is 0.591. The van der Waals surface area contributed by atoms with Crippen molar-refractivity contribution in [1.82, 2.24) is 10.2 Å². The summed E-state index contributed by atoms with van der Waals surface area (Å²) in [6.45, 7) is 3.37. The van der Waals surface area contributed by atoms with Gasteiger partial charge in [-0.3, -0.25) is 14.4 Å². The first kappa shape index (κ1) is 22.1. The van der Waals surface area contributed by atoms with E-state index in [9.17, 15) is 14.4 Å². The molecule has 2 aliphatic rings. The van der Waals surface area contributed by atoms with Gasteiger partial charge in [-0.1, -0.05) is 12.1 Å². The van der Waals surface area contributed by atoms with Gasteiger partial charge >= 0.3 is 11.8 Å². The lowest BCUT2D eigenvalue weighted by Crippen LogP contribution is -3.11. The number of amides is 3. The number of piperidine rings is 1. The number of carbonyl (C=O) groups is 3. The number of carbonyl (C=O) groups excluding carboxylic acids is 3. The van der Waals surface area contributed by atoms with Gasteiger partial charge in [-0.05, 0) is 25.0 Å². The third-order valence-corrected chi connectivity index (χ3v) is 6.40. The summed E-state index contributed by atoms with van der Waals surface area (Å²) < 4.78 is 0. The molecule has 8 heteroatoms. The number of nitrogens with two attached hydrogens (primary N) is 1. The van der Waals surface area contributed by atoms with Crippen LogP contribution in [0.4, 0.5) is 5.69 Å². The van der Waals surface area contributed by atoms with Gasteiger partial charge in [0.25, 0.3) is 0 Å². The number of hydrogen-bond acceptors (Lipinski definition) is 4. The van der Waals surface area contributed by atoms with Crippen LogP contribution in [-0.4, -0.2) is 69.4 Å². The van der Waals surface area contributed by atoms with E-state index in [0.29, 0.717) is 32.5 Å². The standard InChI is InChI=1S/C22H33N5O3/c1-25(2)18-7-5-16(6-8-18)19(26-11-3-4-12-26)15-24-21(29)22(30)27-13-9-17(10-14-27)20(23)28/h5-8,17,19H,3-4,9-15H2,1-2H3,(H2,23,28)(H,24,29)/p+1/t19-/m0/s1. The number of hydrogen-bond donors (Lipinski definition) is 3. The predicted octanol–water partition coefficient (Wildman–Crippen LogP) is -0.687. The van der Waals surface area contributed by atoms with Gasteiger partial charge in [-0.25, -0.2) is 0 Å². The van der Waals surface area contributed by atoms with Crippen molar-refractivity contribution in [3.8, 4) is 0 Å². The van der Waals surface area contributed by atoms with E-state index in [4.69, 9.17) is 5.73 Å². The van der Waals surface area contributed by atoms with Gasteiger partial charge in [0.05, 0.1) is 19.6 Å². The maximum atomic E-state index is 12.5. The molecule has 0 aliphatic carbocycles. The zero-order chi connectivity index (χ0) is 21.7. The molecule has 1 aromatic rings. The summed E-state index contributed by atoms with van der Waals surface area (Å²) in [6.07, 6.45) is 3.41. The molecule has 2 aliphatic heterocycles. The number of quaternary nitrogens is 1. The average Bonchev–Trinajstić information content (AvgIpc) is 3.28. The number of nitrogens with one attached hydrogen (secondary N) is 2. The normalized spacial score (nSPS) is 18.8. The molecule has 3 rings (SSSR count). The number of likely N-dealkylation sites (tertiary alicyclic amines) is 2. The summed E-state index contributed by atoms with van der Waals surface area (Å²) in [5.41, 5.74) is 7.65. The van der Waals surface area contributed by atoms with Crippen molar-refractivity contribution in [2.75, 3.05) is 51.7 Å². The Balaban J connectivity index is 1.60. The van der Waals surface area contributed by atoms with E-state index in [1.807, 2.05) is 14.1 Å². The molecule has 4 N–H and O–H groups in total. The number of primary amides is 1. The maximum Gasteiger partial charge on any atom is 0.311 e. The Morgan fingerprint density at radius 1 is 1.13 bits per heavy atom. The summed E-state index contributed by atoms with van der Waals surface area (Å²) in [4.78, 5) is 41.4. The molecule has 1 aromatic carbocycles. The lowest BCUT2D eigenvalue weighted by atomic mass is 9.96. The Kier molecular flexibility index (Phi) is 7.31. The maximum absolute atomic E-state index is 12.5. The number of anilines is 1. The van der Waals surface area contributed by atoms with Gasteiger partial charge < -0.3 is 25.8 Å². The van der Waals surface area contributed by atoms with Crippen molar-refractivity contribution in [2.45, 2.75) is 31.7 Å². The van der Waals surface area contributed by atoms with Crippen LogP contribution in [0.15, 0.2) is 24.3 Å². The highest BCUT2D eigenvalue weighted by atomic mass is 16.2. The Hall–Kier alpha value is -2.61. The van der Waals surface area contributed by atoms with Crippen molar-refractivity contribution in [3.05, 3.63) is 29.8 Å². The van der Waals surface area contributed by atoms with Crippen molar-refractivity contribution < 1.29 is 19.3 Å². The molecular weight excluding hydrogens is 382 g/mol. The highest BCUT2D eigenvalue weighted by Crippen LogP contribution is 2.18. The summed E-state index contributed by atoms with van der Waals surface area (Å²) in [5, 5.41) is 2.87. The number of benzene rings is 1. The summed E-state index contributed by atoms with van der Waals surface area (Å²) in [5.74, 6) is -1.62. The van der Waals surface area contributed by atoms with E-state index in [2.05, 4.69) is 34.5 Å². The van der Waals surface area contributed by atoms with Crippen LogP contribution in [0, 0.1) is 5.92 Å². The van der Waals surface area contributed by atoms with Gasteiger partial charge in [0.1, 0.15) is 6.04 Å². The SMILES string of the molecule is CN(C)c1ccc([C@H](CNC(=O)C(=O)N2CCC(C(N)=O)CC2)[NH+]2CCCC2)cc1. The van der Waals surface area contributed by atoms with Gasteiger partial charge in [0.15, 0.2) is 0 Å². The molecule has 30 heavy (non-hydrogen) atoms. The minimum absolute atomic E-state index is 0.126. The quantitative estimate of drug-likeness (QED) is 0.535. The number of nitrogens with zero attached hydrogens (tertiary/aromatic N) is 2. The molecule has 2 saturated heterocycles. The van der Waals surface area contributed by atoms with Crippen LogP contribution < -0.4 is 20.9 Å². The van der Waals surface area contributed by atoms with E-state index in [1.165, 1.54) is 28.2 Å². The van der Waals surface area contributed by atoms with Crippen LogP contribution in [0.3, 0.4) is 0 Å². The van der Waals surface area contributed by atoms with Gasteiger partial charge in [0, 0.05) is 57.2 Å². The molecular formula is C22H34N5O3+. The monoisotopic (exact) mass is 416 g/mol. The van der Waals surface area contributed by atoms with E-state index >= 15 is 0 Å². The van der Waals surface area contributed by atoms with Crippen molar-refractivity contribution >= 4 is 23.4 Å². The first-order chi connectivity index (χ1) is 14.4. The molecule has 0 bridgehead atoms. The zero-order valence-electron chi connectivity index (χ0n) is 18.0. The van der Waals surface area contributed by atoms with Crippen molar-refractivity contribution in [2.24, 2.45) is 11.7 Å². The Morgan fingerprint density at radius 2 is 1.73 bits per heavy atom. The second-order valence-corrected chi connectivity index (χ2v) is 8.58. The van der Waals surface area contributed by atoms with Crippen LogP contribution in [0.5, 0.6) is 0 Å². The molecule has 1 atom stereocenters. The third kappa shape index (κ3) is 5.30. The van der Waals surface area contributed by atoms with Gasteiger partial charge in [0.2, 0.25) is 5.91 Å². The second-order valence-electron chi connectivity index (χ2n) is 8.58. The molecule has 0 aromatic heterocycles. The molecule has 2 fully saturated rings. The van der Waals surface area contributed by atoms with Crippen LogP contribution in [0.1, 0.15) is 37.3 Å². The highest BCUT2D eigenvalue weighted by molar-refractivity contribution is 6.35. The first-order valence-electron chi connectivity index (χ1n) is 10.8. The molecule has 0 spiro atoms. The second kappa shape index (κ2) is 9.93. The van der Waals surface area contributed by atoms with Crippen molar-refractivity contribution in [3.63, 3.8) is 0 Å². The third-order valence-electron chi connectivity index (χ3n) is 6.40. The van der Waals surface area contributed by atoms with Crippen LogP contribution in [0.2, 0.25) is 0 Å². The largest absolute Gasteiger partial charge is 0.378 e. The minimum Gasteiger partial charge on any atom is -0.378 e. The minimum atomic E-state index is -0.568. The van der Waals surface area contributed by atoms with E-state index in [0.717, 1.165) is 18.8 Å².